The summed E-state index contributed by atoms with van der Waals surface area (Å²) in [4.78, 5) is 37.5. The topological polar surface area (TPSA) is 95.9 Å². The Morgan fingerprint density at radius 3 is 2.46 bits per heavy atom. The first kappa shape index (κ1) is 19.4. The number of nitrogens with zero attached hydrogens (tertiary/aromatic N) is 1. The Bertz CT molecular complexity index is 836. The zero-order valence-electron chi connectivity index (χ0n) is 15.3. The van der Waals surface area contributed by atoms with E-state index in [-0.39, 0.29) is 17.7 Å². The summed E-state index contributed by atoms with van der Waals surface area (Å²) >= 11 is 0. The molecule has 2 aromatic rings. The van der Waals surface area contributed by atoms with Crippen molar-refractivity contribution in [1.29, 1.82) is 0 Å². The summed E-state index contributed by atoms with van der Waals surface area (Å²) in [5.74, 6) is -1.10. The lowest BCUT2D eigenvalue weighted by molar-refractivity contribution is -0.139. The Hall–Kier alpha value is -3.35. The summed E-state index contributed by atoms with van der Waals surface area (Å²) in [5, 5.41) is 11.5. The first-order valence-electron chi connectivity index (χ1n) is 9.13. The van der Waals surface area contributed by atoms with Crippen molar-refractivity contribution >= 4 is 23.5 Å². The Morgan fingerprint density at radius 2 is 1.79 bits per heavy atom. The van der Waals surface area contributed by atoms with E-state index < -0.39 is 12.6 Å². The molecule has 0 aromatic heterocycles. The smallest absolute Gasteiger partial charge is 0.341 e. The van der Waals surface area contributed by atoms with Crippen LogP contribution in [0.3, 0.4) is 0 Å². The number of amides is 2. The molecule has 2 amide bonds. The minimum Gasteiger partial charge on any atom is -0.482 e. The monoisotopic (exact) mass is 382 g/mol. The lowest BCUT2D eigenvalue weighted by atomic mass is 9.96. The minimum atomic E-state index is -1.05. The number of piperidine rings is 1. The third-order valence-corrected chi connectivity index (χ3v) is 4.58. The highest BCUT2D eigenvalue weighted by molar-refractivity contribution is 5.96. The van der Waals surface area contributed by atoms with E-state index in [2.05, 4.69) is 5.32 Å². The predicted molar refractivity (Wildman–Crippen MR) is 103 cm³/mol. The Balaban J connectivity index is 1.56. The highest BCUT2D eigenvalue weighted by Crippen LogP contribution is 2.22. The molecule has 1 aliphatic heterocycles. The molecule has 7 heteroatoms. The summed E-state index contributed by atoms with van der Waals surface area (Å²) in [5.41, 5.74) is 1.22. The van der Waals surface area contributed by atoms with E-state index in [4.69, 9.17) is 9.84 Å². The number of hydrogen-bond acceptors (Lipinski definition) is 4. The summed E-state index contributed by atoms with van der Waals surface area (Å²) < 4.78 is 5.07. The molecule has 2 aromatic carbocycles. The van der Waals surface area contributed by atoms with E-state index in [1.807, 2.05) is 18.2 Å². The molecule has 1 atom stereocenters. The first-order valence-corrected chi connectivity index (χ1v) is 9.13. The van der Waals surface area contributed by atoms with Crippen LogP contribution in [0.1, 0.15) is 23.2 Å². The molecular formula is C21H22N2O5. The number of nitrogens with one attached hydrogen (secondary N) is 1. The van der Waals surface area contributed by atoms with Crippen LogP contribution in [0.4, 0.5) is 5.69 Å². The predicted octanol–water partition coefficient (Wildman–Crippen LogP) is 2.64. The summed E-state index contributed by atoms with van der Waals surface area (Å²) in [6.45, 7) is 0.617. The molecule has 1 heterocycles. The number of carboxylic acids is 1. The number of ether oxygens (including phenoxy) is 1. The standard InChI is InChI=1S/C21H22N2O5/c24-19(25)14-28-18-10-8-17(9-11-18)22-20(26)16-7-4-12-23(13-16)21(27)15-5-2-1-3-6-15/h1-3,5-6,8-11,16H,4,7,12-14H2,(H,22,26)(H,24,25). The Morgan fingerprint density at radius 1 is 1.07 bits per heavy atom. The molecule has 1 fully saturated rings. The Labute approximate surface area is 162 Å². The number of carbonyl (C=O) groups excluding carboxylic acids is 2. The van der Waals surface area contributed by atoms with E-state index in [1.54, 1.807) is 41.3 Å². The van der Waals surface area contributed by atoms with Crippen molar-refractivity contribution < 1.29 is 24.2 Å². The van der Waals surface area contributed by atoms with Gasteiger partial charge in [0.15, 0.2) is 6.61 Å². The van der Waals surface area contributed by atoms with Gasteiger partial charge in [0.1, 0.15) is 5.75 Å². The maximum Gasteiger partial charge on any atom is 0.341 e. The van der Waals surface area contributed by atoms with Gasteiger partial charge >= 0.3 is 5.97 Å². The number of rotatable bonds is 6. The number of anilines is 1. The molecule has 1 unspecified atom stereocenters. The lowest BCUT2D eigenvalue weighted by Crippen LogP contribution is -2.43. The SMILES string of the molecule is O=C(O)COc1ccc(NC(=O)C2CCCN(C(=O)c3ccccc3)C2)cc1. The molecule has 0 radical (unpaired) electrons. The third kappa shape index (κ3) is 5.09. The fourth-order valence-electron chi connectivity index (χ4n) is 3.16. The molecule has 1 aliphatic rings. The molecule has 0 bridgehead atoms. The van der Waals surface area contributed by atoms with Gasteiger partial charge in [-0.1, -0.05) is 18.2 Å². The Kier molecular flexibility index (Phi) is 6.26. The molecule has 0 aliphatic carbocycles. The van der Waals surface area contributed by atoms with Crippen LogP contribution in [0.2, 0.25) is 0 Å². The molecule has 28 heavy (non-hydrogen) atoms. The van der Waals surface area contributed by atoms with Crippen LogP contribution >= 0.6 is 0 Å². The number of carbonyl (C=O) groups is 3. The van der Waals surface area contributed by atoms with Gasteiger partial charge in [-0.15, -0.1) is 0 Å². The van der Waals surface area contributed by atoms with Crippen LogP contribution in [0, 0.1) is 5.92 Å². The van der Waals surface area contributed by atoms with E-state index in [0.717, 1.165) is 12.8 Å². The second kappa shape index (κ2) is 9.03. The van der Waals surface area contributed by atoms with Crippen molar-refractivity contribution in [2.45, 2.75) is 12.8 Å². The number of carboxylic acid groups (broad SMARTS) is 1. The fourth-order valence-corrected chi connectivity index (χ4v) is 3.16. The van der Waals surface area contributed by atoms with E-state index in [1.165, 1.54) is 0 Å². The number of likely N-dealkylation sites (tertiary alicyclic amines) is 1. The summed E-state index contributed by atoms with van der Waals surface area (Å²) in [6, 6.07) is 15.6. The second-order valence-electron chi connectivity index (χ2n) is 6.65. The van der Waals surface area contributed by atoms with Crippen molar-refractivity contribution in [3.8, 4) is 5.75 Å². The highest BCUT2D eigenvalue weighted by atomic mass is 16.5. The normalized spacial score (nSPS) is 16.3. The van der Waals surface area contributed by atoms with Gasteiger partial charge in [0, 0.05) is 24.3 Å². The van der Waals surface area contributed by atoms with Crippen LogP contribution in [-0.4, -0.2) is 47.5 Å². The van der Waals surface area contributed by atoms with E-state index >= 15 is 0 Å². The maximum atomic E-state index is 12.6. The quantitative estimate of drug-likeness (QED) is 0.801. The highest BCUT2D eigenvalue weighted by Gasteiger charge is 2.28. The summed E-state index contributed by atoms with van der Waals surface area (Å²) in [6.07, 6.45) is 1.50. The fraction of sp³-hybridized carbons (Fsp3) is 0.286. The zero-order chi connectivity index (χ0) is 19.9. The van der Waals surface area contributed by atoms with Crippen LogP contribution in [0.15, 0.2) is 54.6 Å². The molecule has 2 N–H and O–H groups in total. The van der Waals surface area contributed by atoms with Gasteiger partial charge in [0.25, 0.3) is 5.91 Å². The van der Waals surface area contributed by atoms with Gasteiger partial charge in [-0.2, -0.15) is 0 Å². The van der Waals surface area contributed by atoms with Gasteiger partial charge in [-0.3, -0.25) is 9.59 Å². The van der Waals surface area contributed by atoms with Crippen molar-refractivity contribution in [2.24, 2.45) is 5.92 Å². The first-order chi connectivity index (χ1) is 13.5. The largest absolute Gasteiger partial charge is 0.482 e. The van der Waals surface area contributed by atoms with E-state index in [0.29, 0.717) is 30.1 Å². The van der Waals surface area contributed by atoms with Crippen LogP contribution in [0.5, 0.6) is 5.75 Å². The van der Waals surface area contributed by atoms with Crippen molar-refractivity contribution in [3.63, 3.8) is 0 Å². The van der Waals surface area contributed by atoms with Crippen molar-refractivity contribution in [1.82, 2.24) is 4.90 Å². The zero-order valence-corrected chi connectivity index (χ0v) is 15.3. The average molecular weight is 382 g/mol. The third-order valence-electron chi connectivity index (χ3n) is 4.58. The number of hydrogen-bond donors (Lipinski definition) is 2. The average Bonchev–Trinajstić information content (AvgIpc) is 2.73. The van der Waals surface area contributed by atoms with Gasteiger partial charge in [0.2, 0.25) is 5.91 Å². The van der Waals surface area contributed by atoms with Crippen molar-refractivity contribution in [3.05, 3.63) is 60.2 Å². The number of benzene rings is 2. The molecule has 1 saturated heterocycles. The molecule has 146 valence electrons. The molecule has 0 saturated carbocycles. The molecule has 7 nitrogen and oxygen atoms in total. The maximum absolute atomic E-state index is 12.6. The van der Waals surface area contributed by atoms with Gasteiger partial charge in [-0.05, 0) is 49.2 Å². The minimum absolute atomic E-state index is 0.0574. The van der Waals surface area contributed by atoms with Crippen molar-refractivity contribution in [2.75, 3.05) is 25.0 Å². The van der Waals surface area contributed by atoms with Crippen LogP contribution in [-0.2, 0) is 9.59 Å². The second-order valence-corrected chi connectivity index (χ2v) is 6.65. The van der Waals surface area contributed by atoms with E-state index in [9.17, 15) is 14.4 Å². The molecule has 0 spiro atoms. The van der Waals surface area contributed by atoms with Crippen LogP contribution < -0.4 is 10.1 Å². The van der Waals surface area contributed by atoms with Gasteiger partial charge in [-0.25, -0.2) is 4.79 Å². The van der Waals surface area contributed by atoms with Gasteiger partial charge in [0.05, 0.1) is 5.92 Å². The number of aliphatic carboxylic acids is 1. The van der Waals surface area contributed by atoms with Crippen LogP contribution in [0.25, 0.3) is 0 Å². The van der Waals surface area contributed by atoms with Gasteiger partial charge < -0.3 is 20.1 Å². The molecular weight excluding hydrogens is 360 g/mol. The molecule has 3 rings (SSSR count). The summed E-state index contributed by atoms with van der Waals surface area (Å²) in [7, 11) is 0. The lowest BCUT2D eigenvalue weighted by Gasteiger charge is -2.32.